The normalized spacial score (nSPS) is 11.3. The molecule has 4 rings (SSSR count). The van der Waals surface area contributed by atoms with Gasteiger partial charge in [0.2, 0.25) is 0 Å². The zero-order valence-electron chi connectivity index (χ0n) is 11.5. The van der Waals surface area contributed by atoms with Gasteiger partial charge in [0.25, 0.3) is 0 Å². The van der Waals surface area contributed by atoms with Crippen molar-refractivity contribution in [2.75, 3.05) is 0 Å². The minimum atomic E-state index is -1.06. The van der Waals surface area contributed by atoms with E-state index in [9.17, 15) is 9.90 Å². The molecule has 0 bridgehead atoms. The van der Waals surface area contributed by atoms with Gasteiger partial charge >= 0.3 is 5.97 Å². The van der Waals surface area contributed by atoms with Gasteiger partial charge in [-0.15, -0.1) is 0 Å². The summed E-state index contributed by atoms with van der Waals surface area (Å²) in [6.45, 7) is 1.95. The highest BCUT2D eigenvalue weighted by molar-refractivity contribution is 6.00. The van der Waals surface area contributed by atoms with Gasteiger partial charge in [0.15, 0.2) is 17.1 Å². The van der Waals surface area contributed by atoms with E-state index < -0.39 is 5.97 Å². The van der Waals surface area contributed by atoms with Crippen LogP contribution in [0.15, 0.2) is 30.9 Å². The summed E-state index contributed by atoms with van der Waals surface area (Å²) in [5.41, 5.74) is 2.46. The van der Waals surface area contributed by atoms with E-state index in [4.69, 9.17) is 0 Å². The van der Waals surface area contributed by atoms with Crippen molar-refractivity contribution in [3.05, 3.63) is 42.0 Å². The fourth-order valence-corrected chi connectivity index (χ4v) is 2.35. The van der Waals surface area contributed by atoms with E-state index in [1.165, 1.54) is 12.4 Å². The SMILES string of the molecule is Cc1cnc2c(cnn2-c2cnc3[nH]cc(C(=O)O)c3n2)c1. The highest BCUT2D eigenvalue weighted by atomic mass is 16.4. The van der Waals surface area contributed by atoms with Crippen molar-refractivity contribution >= 4 is 28.2 Å². The molecular formula is C14H10N6O2. The second kappa shape index (κ2) is 4.35. The molecule has 0 atom stereocenters. The molecule has 0 unspecified atom stereocenters. The van der Waals surface area contributed by atoms with Crippen LogP contribution in [0.4, 0.5) is 0 Å². The smallest absolute Gasteiger partial charge is 0.339 e. The predicted octanol–water partition coefficient (Wildman–Crippen LogP) is 1.70. The molecular weight excluding hydrogens is 284 g/mol. The molecule has 8 heteroatoms. The third-order valence-corrected chi connectivity index (χ3v) is 3.36. The summed E-state index contributed by atoms with van der Waals surface area (Å²) in [5, 5.41) is 14.3. The topological polar surface area (TPSA) is 110 Å². The number of pyridine rings is 1. The molecule has 8 nitrogen and oxygen atoms in total. The van der Waals surface area contributed by atoms with Gasteiger partial charge < -0.3 is 10.1 Å². The summed E-state index contributed by atoms with van der Waals surface area (Å²) in [6.07, 6.45) is 6.33. The van der Waals surface area contributed by atoms with Gasteiger partial charge in [-0.25, -0.2) is 19.7 Å². The third kappa shape index (κ3) is 1.74. The predicted molar refractivity (Wildman–Crippen MR) is 78.0 cm³/mol. The molecule has 2 N–H and O–H groups in total. The van der Waals surface area contributed by atoms with Crippen LogP contribution >= 0.6 is 0 Å². The number of rotatable bonds is 2. The lowest BCUT2D eigenvalue weighted by molar-refractivity contribution is 0.0699. The lowest BCUT2D eigenvalue weighted by atomic mass is 10.3. The number of carboxylic acids is 1. The van der Waals surface area contributed by atoms with Crippen LogP contribution < -0.4 is 0 Å². The summed E-state index contributed by atoms with van der Waals surface area (Å²) >= 11 is 0. The molecule has 0 spiro atoms. The van der Waals surface area contributed by atoms with E-state index in [0.29, 0.717) is 22.6 Å². The second-order valence-corrected chi connectivity index (χ2v) is 4.91. The van der Waals surface area contributed by atoms with Crippen LogP contribution in [0.5, 0.6) is 0 Å². The summed E-state index contributed by atoms with van der Waals surface area (Å²) in [7, 11) is 0. The van der Waals surface area contributed by atoms with Crippen LogP contribution in [-0.2, 0) is 0 Å². The standard InChI is InChI=1S/C14H10N6O2/c1-7-2-8-4-18-20(13(8)17-3-7)10-6-16-12-11(19-10)9(5-15-12)14(21)22/h2-6H,1H3,(H,15,16)(H,21,22). The average Bonchev–Trinajstić information content (AvgIpc) is 3.09. The first-order chi connectivity index (χ1) is 10.6. The van der Waals surface area contributed by atoms with Gasteiger partial charge in [-0.2, -0.15) is 9.78 Å². The lowest BCUT2D eigenvalue weighted by Crippen LogP contribution is -2.03. The van der Waals surface area contributed by atoms with E-state index in [0.717, 1.165) is 10.9 Å². The van der Waals surface area contributed by atoms with Crippen molar-refractivity contribution in [3.63, 3.8) is 0 Å². The van der Waals surface area contributed by atoms with Crippen LogP contribution in [0.2, 0.25) is 0 Å². The van der Waals surface area contributed by atoms with Gasteiger partial charge in [0, 0.05) is 17.8 Å². The third-order valence-electron chi connectivity index (χ3n) is 3.36. The number of aromatic nitrogens is 6. The number of fused-ring (bicyclic) bond motifs is 2. The molecule has 0 aliphatic heterocycles. The Bertz CT molecular complexity index is 1030. The Hall–Kier alpha value is -3.29. The highest BCUT2D eigenvalue weighted by Crippen LogP contribution is 2.19. The number of carboxylic acid groups (broad SMARTS) is 1. The number of aromatic carboxylic acids is 1. The maximum absolute atomic E-state index is 11.2. The van der Waals surface area contributed by atoms with Crippen molar-refractivity contribution in [1.29, 1.82) is 0 Å². The van der Waals surface area contributed by atoms with Crippen LogP contribution in [0.3, 0.4) is 0 Å². The molecule has 22 heavy (non-hydrogen) atoms. The van der Waals surface area contributed by atoms with E-state index in [1.54, 1.807) is 17.1 Å². The average molecular weight is 294 g/mol. The number of carbonyl (C=O) groups is 1. The van der Waals surface area contributed by atoms with E-state index >= 15 is 0 Å². The lowest BCUT2D eigenvalue weighted by Gasteiger charge is -2.02. The molecule has 0 radical (unpaired) electrons. The number of H-pyrrole nitrogens is 1. The number of nitrogens with zero attached hydrogens (tertiary/aromatic N) is 5. The van der Waals surface area contributed by atoms with Crippen LogP contribution in [0.1, 0.15) is 15.9 Å². The summed E-state index contributed by atoms with van der Waals surface area (Å²) < 4.78 is 1.54. The van der Waals surface area contributed by atoms with Crippen LogP contribution in [-0.4, -0.2) is 40.8 Å². The van der Waals surface area contributed by atoms with Crippen molar-refractivity contribution in [1.82, 2.24) is 29.7 Å². The zero-order chi connectivity index (χ0) is 15.3. The molecule has 0 saturated heterocycles. The first-order valence-corrected chi connectivity index (χ1v) is 6.51. The fourth-order valence-electron chi connectivity index (χ4n) is 2.35. The van der Waals surface area contributed by atoms with E-state index in [1.807, 2.05) is 13.0 Å². The van der Waals surface area contributed by atoms with Gasteiger partial charge in [-0.3, -0.25) is 0 Å². The molecule has 0 aliphatic carbocycles. The maximum Gasteiger partial charge on any atom is 0.339 e. The van der Waals surface area contributed by atoms with Crippen LogP contribution in [0.25, 0.3) is 28.0 Å². The Morgan fingerprint density at radius 3 is 2.95 bits per heavy atom. The molecule has 0 aliphatic rings. The molecule has 4 aromatic heterocycles. The van der Waals surface area contributed by atoms with Gasteiger partial charge in [0.05, 0.1) is 12.4 Å². The summed E-state index contributed by atoms with van der Waals surface area (Å²) in [4.78, 5) is 26.9. The molecule has 0 saturated carbocycles. The molecule has 108 valence electrons. The molecule has 0 fully saturated rings. The minimum absolute atomic E-state index is 0.0737. The van der Waals surface area contributed by atoms with Crippen molar-refractivity contribution < 1.29 is 9.90 Å². The monoisotopic (exact) mass is 294 g/mol. The Labute approximate surface area is 123 Å². The molecule has 4 aromatic rings. The quantitative estimate of drug-likeness (QED) is 0.582. The molecule has 0 amide bonds. The van der Waals surface area contributed by atoms with E-state index in [2.05, 4.69) is 25.0 Å². The number of hydrogen-bond donors (Lipinski definition) is 2. The number of nitrogens with one attached hydrogen (secondary N) is 1. The largest absolute Gasteiger partial charge is 0.478 e. The van der Waals surface area contributed by atoms with Crippen molar-refractivity contribution in [2.45, 2.75) is 6.92 Å². The first-order valence-electron chi connectivity index (χ1n) is 6.51. The Kier molecular flexibility index (Phi) is 2.46. The summed E-state index contributed by atoms with van der Waals surface area (Å²) in [6, 6.07) is 1.97. The first kappa shape index (κ1) is 12.5. The van der Waals surface area contributed by atoms with Gasteiger partial charge in [-0.1, -0.05) is 0 Å². The molecule has 0 aromatic carbocycles. The Morgan fingerprint density at radius 1 is 1.27 bits per heavy atom. The Morgan fingerprint density at radius 2 is 2.14 bits per heavy atom. The van der Waals surface area contributed by atoms with Crippen molar-refractivity contribution in [2.24, 2.45) is 0 Å². The molecule has 4 heterocycles. The van der Waals surface area contributed by atoms with Gasteiger partial charge in [0.1, 0.15) is 11.1 Å². The fraction of sp³-hybridized carbons (Fsp3) is 0.0714. The zero-order valence-corrected chi connectivity index (χ0v) is 11.5. The minimum Gasteiger partial charge on any atom is -0.478 e. The van der Waals surface area contributed by atoms with Gasteiger partial charge in [-0.05, 0) is 18.6 Å². The number of hydrogen-bond acceptors (Lipinski definition) is 5. The second-order valence-electron chi connectivity index (χ2n) is 4.91. The van der Waals surface area contributed by atoms with Crippen molar-refractivity contribution in [3.8, 4) is 5.82 Å². The number of aromatic amines is 1. The number of aryl methyl sites for hydroxylation is 1. The van der Waals surface area contributed by atoms with E-state index in [-0.39, 0.29) is 5.56 Å². The summed E-state index contributed by atoms with van der Waals surface area (Å²) in [5.74, 6) is -0.641. The maximum atomic E-state index is 11.2. The Balaban J connectivity index is 1.96. The highest BCUT2D eigenvalue weighted by Gasteiger charge is 2.15. The van der Waals surface area contributed by atoms with Crippen LogP contribution in [0, 0.1) is 6.92 Å².